The highest BCUT2D eigenvalue weighted by atomic mass is 16.2. The summed E-state index contributed by atoms with van der Waals surface area (Å²) in [7, 11) is 0. The van der Waals surface area contributed by atoms with Gasteiger partial charge in [-0.05, 0) is 12.1 Å². The average molecular weight is 194 g/mol. The Hall–Kier alpha value is -1.51. The molecule has 14 heavy (non-hydrogen) atoms. The summed E-state index contributed by atoms with van der Waals surface area (Å²) in [5.41, 5.74) is 13.3. The molecule has 0 aromatic heterocycles. The van der Waals surface area contributed by atoms with Crippen molar-refractivity contribution in [2.45, 2.75) is 0 Å². The second-order valence-electron chi connectivity index (χ2n) is 2.61. The van der Waals surface area contributed by atoms with E-state index in [1.54, 1.807) is 24.3 Å². The van der Waals surface area contributed by atoms with Gasteiger partial charge in [0.05, 0.1) is 0 Å². The van der Waals surface area contributed by atoms with Crippen LogP contribution >= 0.6 is 0 Å². The third-order valence-electron chi connectivity index (χ3n) is 1.68. The number of rotatable bonds is 1. The average Bonchev–Trinajstić information content (AvgIpc) is 2.30. The highest BCUT2D eigenvalue weighted by molar-refractivity contribution is 5.93. The number of carbonyl (C=O) groups excluding carboxylic acids is 1. The molecule has 0 bridgehead atoms. The summed E-state index contributed by atoms with van der Waals surface area (Å²) in [6.07, 6.45) is 0. The van der Waals surface area contributed by atoms with Gasteiger partial charge in [0, 0.05) is 5.56 Å². The van der Waals surface area contributed by atoms with Crippen LogP contribution in [0, 0.1) is 0 Å². The first-order valence-corrected chi connectivity index (χ1v) is 4.04. The molecule has 1 fully saturated rings. The van der Waals surface area contributed by atoms with E-state index in [2.05, 4.69) is 27.7 Å². The lowest BCUT2D eigenvalue weighted by molar-refractivity contribution is -0.00497. The first-order valence-electron chi connectivity index (χ1n) is 4.04. The maximum absolute atomic E-state index is 11.7. The Bertz CT molecular complexity index is 309. The van der Waals surface area contributed by atoms with E-state index in [1.807, 2.05) is 6.07 Å². The summed E-state index contributed by atoms with van der Waals surface area (Å²) in [6.45, 7) is 0. The molecule has 0 spiro atoms. The van der Waals surface area contributed by atoms with Crippen molar-refractivity contribution in [1.82, 2.24) is 32.8 Å². The molecule has 7 nitrogen and oxygen atoms in total. The Balaban J connectivity index is 2.07. The van der Waals surface area contributed by atoms with E-state index in [-0.39, 0.29) is 5.91 Å². The van der Waals surface area contributed by atoms with E-state index in [1.165, 1.54) is 5.12 Å². The first kappa shape index (κ1) is 9.06. The standard InChI is InChI=1S/C7H10N6O/c14-7(6-4-2-1-3-5-6)13-11-9-8-10-12-13/h1-5,8-12H. The van der Waals surface area contributed by atoms with E-state index in [4.69, 9.17) is 0 Å². The second kappa shape index (κ2) is 4.13. The lowest BCUT2D eigenvalue weighted by Crippen LogP contribution is -2.73. The van der Waals surface area contributed by atoms with Crippen molar-refractivity contribution in [3.05, 3.63) is 35.9 Å². The number of carbonyl (C=O) groups is 1. The number of nitrogens with zero attached hydrogens (tertiary/aromatic N) is 1. The summed E-state index contributed by atoms with van der Waals surface area (Å²) >= 11 is 0. The third-order valence-corrected chi connectivity index (χ3v) is 1.68. The van der Waals surface area contributed by atoms with E-state index >= 15 is 0 Å². The molecule has 1 saturated heterocycles. The molecule has 0 saturated carbocycles. The Kier molecular flexibility index (Phi) is 2.68. The molecule has 1 heterocycles. The quantitative estimate of drug-likeness (QED) is 0.377. The van der Waals surface area contributed by atoms with Gasteiger partial charge in [0.25, 0.3) is 5.91 Å². The Morgan fingerprint density at radius 1 is 1.00 bits per heavy atom. The van der Waals surface area contributed by atoms with Crippen molar-refractivity contribution in [1.29, 1.82) is 0 Å². The van der Waals surface area contributed by atoms with Gasteiger partial charge >= 0.3 is 0 Å². The SMILES string of the molecule is O=C(c1ccccc1)N1NNNNN1. The number of hydrazine groups is 6. The van der Waals surface area contributed by atoms with Crippen molar-refractivity contribution in [2.24, 2.45) is 0 Å². The van der Waals surface area contributed by atoms with Gasteiger partial charge in [-0.1, -0.05) is 18.2 Å². The molecule has 0 radical (unpaired) electrons. The molecule has 1 aromatic carbocycles. The summed E-state index contributed by atoms with van der Waals surface area (Å²) in [6, 6.07) is 8.92. The molecular weight excluding hydrogens is 184 g/mol. The molecule has 0 unspecified atom stereocenters. The fourth-order valence-electron chi connectivity index (χ4n) is 1.04. The van der Waals surface area contributed by atoms with Crippen LogP contribution in [0.4, 0.5) is 0 Å². The minimum Gasteiger partial charge on any atom is -0.266 e. The number of hydrogen-bond acceptors (Lipinski definition) is 6. The van der Waals surface area contributed by atoms with Crippen LogP contribution in [0.25, 0.3) is 0 Å². The predicted molar refractivity (Wildman–Crippen MR) is 48.3 cm³/mol. The molecule has 0 aliphatic carbocycles. The molecular formula is C7H10N6O. The molecule has 1 aromatic rings. The van der Waals surface area contributed by atoms with Gasteiger partial charge in [-0.3, -0.25) is 4.79 Å². The number of hydrogen-bond donors (Lipinski definition) is 5. The fourth-order valence-corrected chi connectivity index (χ4v) is 1.04. The Morgan fingerprint density at radius 3 is 2.29 bits per heavy atom. The topological polar surface area (TPSA) is 80.5 Å². The van der Waals surface area contributed by atoms with Gasteiger partial charge in [-0.2, -0.15) is 21.7 Å². The van der Waals surface area contributed by atoms with Gasteiger partial charge in [-0.25, -0.2) is 0 Å². The predicted octanol–water partition coefficient (Wildman–Crippen LogP) is -1.42. The zero-order chi connectivity index (χ0) is 9.80. The third kappa shape index (κ3) is 1.87. The van der Waals surface area contributed by atoms with Crippen LogP contribution in [-0.2, 0) is 0 Å². The minimum atomic E-state index is -0.202. The molecule has 1 amide bonds. The molecule has 0 atom stereocenters. The zero-order valence-electron chi connectivity index (χ0n) is 7.24. The monoisotopic (exact) mass is 194 g/mol. The van der Waals surface area contributed by atoms with Crippen molar-refractivity contribution in [3.63, 3.8) is 0 Å². The maximum Gasteiger partial charge on any atom is 0.285 e. The number of benzene rings is 1. The van der Waals surface area contributed by atoms with Crippen LogP contribution in [0.2, 0.25) is 0 Å². The van der Waals surface area contributed by atoms with Crippen LogP contribution in [-0.4, -0.2) is 11.0 Å². The Labute approximate surface area is 80.3 Å². The van der Waals surface area contributed by atoms with Gasteiger partial charge in [-0.15, -0.1) is 11.1 Å². The van der Waals surface area contributed by atoms with E-state index < -0.39 is 0 Å². The van der Waals surface area contributed by atoms with Gasteiger partial charge < -0.3 is 0 Å². The lowest BCUT2D eigenvalue weighted by Gasteiger charge is -2.29. The molecule has 1 aliphatic heterocycles. The highest BCUT2D eigenvalue weighted by Crippen LogP contribution is 2.00. The van der Waals surface area contributed by atoms with E-state index in [0.717, 1.165) is 0 Å². The van der Waals surface area contributed by atoms with Crippen molar-refractivity contribution >= 4 is 5.91 Å². The molecule has 1 aliphatic rings. The fraction of sp³-hybridized carbons (Fsp3) is 0. The maximum atomic E-state index is 11.7. The summed E-state index contributed by atoms with van der Waals surface area (Å²) in [4.78, 5) is 11.7. The molecule has 5 N–H and O–H groups in total. The van der Waals surface area contributed by atoms with Gasteiger partial charge in [0.1, 0.15) is 0 Å². The van der Waals surface area contributed by atoms with E-state index in [9.17, 15) is 4.79 Å². The summed E-state index contributed by atoms with van der Waals surface area (Å²) in [5.74, 6) is -0.202. The van der Waals surface area contributed by atoms with Gasteiger partial charge in [0.2, 0.25) is 0 Å². The van der Waals surface area contributed by atoms with Crippen LogP contribution in [0.5, 0.6) is 0 Å². The molecule has 74 valence electrons. The van der Waals surface area contributed by atoms with E-state index in [0.29, 0.717) is 5.56 Å². The van der Waals surface area contributed by atoms with Crippen molar-refractivity contribution < 1.29 is 4.79 Å². The number of nitrogens with one attached hydrogen (secondary N) is 5. The molecule has 2 rings (SSSR count). The van der Waals surface area contributed by atoms with Crippen LogP contribution in [0.15, 0.2) is 30.3 Å². The second-order valence-corrected chi connectivity index (χ2v) is 2.61. The van der Waals surface area contributed by atoms with Crippen LogP contribution < -0.4 is 27.7 Å². The summed E-state index contributed by atoms with van der Waals surface area (Å²) < 4.78 is 0. The largest absolute Gasteiger partial charge is 0.285 e. The van der Waals surface area contributed by atoms with Gasteiger partial charge in [0.15, 0.2) is 0 Å². The smallest absolute Gasteiger partial charge is 0.266 e. The minimum absolute atomic E-state index is 0.202. The zero-order valence-corrected chi connectivity index (χ0v) is 7.24. The van der Waals surface area contributed by atoms with Crippen molar-refractivity contribution in [2.75, 3.05) is 0 Å². The molecule has 7 heteroatoms. The van der Waals surface area contributed by atoms with Crippen LogP contribution in [0.1, 0.15) is 10.4 Å². The Morgan fingerprint density at radius 2 is 1.64 bits per heavy atom. The summed E-state index contributed by atoms with van der Waals surface area (Å²) in [5, 5.41) is 1.17. The normalized spacial score (nSPS) is 16.7. The van der Waals surface area contributed by atoms with Crippen LogP contribution in [0.3, 0.4) is 0 Å². The first-order chi connectivity index (χ1) is 6.88. The lowest BCUT2D eigenvalue weighted by atomic mass is 10.2. The number of amides is 1. The highest BCUT2D eigenvalue weighted by Gasteiger charge is 2.16. The van der Waals surface area contributed by atoms with Crippen molar-refractivity contribution in [3.8, 4) is 0 Å².